The molecule has 1 aromatic carbocycles. The van der Waals surface area contributed by atoms with Gasteiger partial charge < -0.3 is 15.0 Å². The summed E-state index contributed by atoms with van der Waals surface area (Å²) in [5, 5.41) is 3.99. The Morgan fingerprint density at radius 3 is 2.83 bits per heavy atom. The molecule has 1 fully saturated rings. The van der Waals surface area contributed by atoms with Gasteiger partial charge in [-0.15, -0.1) is 0 Å². The molecular formula is C15H22ClN4O2S+. The third-order valence-corrected chi connectivity index (χ3v) is 4.05. The molecule has 1 saturated heterocycles. The number of morpholine rings is 1. The number of hydrazine groups is 1. The fourth-order valence-electron chi connectivity index (χ4n) is 2.31. The van der Waals surface area contributed by atoms with Crippen LogP contribution in [0.15, 0.2) is 24.3 Å². The lowest BCUT2D eigenvalue weighted by Crippen LogP contribution is -3.14. The highest BCUT2D eigenvalue weighted by atomic mass is 35.5. The second kappa shape index (κ2) is 9.67. The Morgan fingerprint density at radius 1 is 1.30 bits per heavy atom. The summed E-state index contributed by atoms with van der Waals surface area (Å²) in [6, 6.07) is 6.72. The van der Waals surface area contributed by atoms with Crippen LogP contribution in [0.2, 0.25) is 5.02 Å². The molecule has 1 amide bonds. The number of thiocarbonyl (C=S) groups is 1. The van der Waals surface area contributed by atoms with Gasteiger partial charge in [0.1, 0.15) is 13.1 Å². The number of amides is 1. The average molecular weight is 358 g/mol. The summed E-state index contributed by atoms with van der Waals surface area (Å²) >= 11 is 11.0. The standard InChI is InChI=1S/C15H21ClN4O2S/c16-13-4-1-3-12(11-13)14(21)18-19-15(23)17-5-2-6-20-7-9-22-10-8-20/h1,3-4,11H,2,5-10H2,(H,18,21)(H2,17,19,23)/p+1. The minimum Gasteiger partial charge on any atom is -0.370 e. The Balaban J connectivity index is 1.58. The Labute approximate surface area is 146 Å². The Morgan fingerprint density at radius 2 is 2.09 bits per heavy atom. The van der Waals surface area contributed by atoms with Crippen molar-refractivity contribution in [3.8, 4) is 0 Å². The number of rotatable bonds is 5. The summed E-state index contributed by atoms with van der Waals surface area (Å²) in [6.45, 7) is 5.68. The summed E-state index contributed by atoms with van der Waals surface area (Å²) in [4.78, 5) is 13.5. The second-order valence-electron chi connectivity index (χ2n) is 5.31. The zero-order chi connectivity index (χ0) is 16.5. The molecule has 0 bridgehead atoms. The smallest absolute Gasteiger partial charge is 0.269 e. The van der Waals surface area contributed by atoms with Gasteiger partial charge in [0.25, 0.3) is 5.91 Å². The van der Waals surface area contributed by atoms with Gasteiger partial charge >= 0.3 is 0 Å². The summed E-state index contributed by atoms with van der Waals surface area (Å²) < 4.78 is 5.33. The fourth-order valence-corrected chi connectivity index (χ4v) is 2.65. The van der Waals surface area contributed by atoms with Gasteiger partial charge in [0.2, 0.25) is 0 Å². The zero-order valence-electron chi connectivity index (χ0n) is 12.9. The molecule has 0 unspecified atom stereocenters. The second-order valence-corrected chi connectivity index (χ2v) is 6.16. The normalized spacial score (nSPS) is 15.0. The monoisotopic (exact) mass is 357 g/mol. The predicted molar refractivity (Wildman–Crippen MR) is 93.7 cm³/mol. The van der Waals surface area contributed by atoms with E-state index in [2.05, 4.69) is 16.2 Å². The van der Waals surface area contributed by atoms with Crippen LogP contribution in [0, 0.1) is 0 Å². The topological polar surface area (TPSA) is 66.8 Å². The van der Waals surface area contributed by atoms with E-state index in [0.29, 0.717) is 15.7 Å². The number of benzene rings is 1. The van der Waals surface area contributed by atoms with Gasteiger partial charge in [-0.2, -0.15) is 0 Å². The number of hydrogen-bond donors (Lipinski definition) is 4. The van der Waals surface area contributed by atoms with E-state index in [4.69, 9.17) is 28.6 Å². The highest BCUT2D eigenvalue weighted by Crippen LogP contribution is 2.09. The maximum Gasteiger partial charge on any atom is 0.269 e. The maximum atomic E-state index is 11.9. The summed E-state index contributed by atoms with van der Waals surface area (Å²) in [5.41, 5.74) is 5.71. The first-order chi connectivity index (χ1) is 11.1. The van der Waals surface area contributed by atoms with Crippen molar-refractivity contribution in [2.24, 2.45) is 0 Å². The Kier molecular flexibility index (Phi) is 7.54. The third kappa shape index (κ3) is 6.70. The third-order valence-electron chi connectivity index (χ3n) is 3.57. The lowest BCUT2D eigenvalue weighted by atomic mass is 10.2. The number of quaternary nitrogens is 1. The number of halogens is 1. The molecule has 0 spiro atoms. The van der Waals surface area contributed by atoms with Crippen LogP contribution in [-0.4, -0.2) is 50.4 Å². The first kappa shape index (κ1) is 17.9. The van der Waals surface area contributed by atoms with Gasteiger partial charge in [-0.05, 0) is 30.4 Å². The quantitative estimate of drug-likeness (QED) is 0.332. The lowest BCUT2D eigenvalue weighted by Gasteiger charge is -2.23. The number of hydrogen-bond acceptors (Lipinski definition) is 3. The molecule has 6 nitrogen and oxygen atoms in total. The molecule has 4 N–H and O–H groups in total. The van der Waals surface area contributed by atoms with Gasteiger partial charge in [0.15, 0.2) is 5.11 Å². The summed E-state index contributed by atoms with van der Waals surface area (Å²) in [6.07, 6.45) is 1.01. The first-order valence-electron chi connectivity index (χ1n) is 7.66. The molecule has 1 aliphatic heterocycles. The van der Waals surface area contributed by atoms with Crippen LogP contribution >= 0.6 is 23.8 Å². The van der Waals surface area contributed by atoms with Gasteiger partial charge in [-0.1, -0.05) is 17.7 Å². The van der Waals surface area contributed by atoms with Crippen molar-refractivity contribution in [2.75, 3.05) is 39.4 Å². The van der Waals surface area contributed by atoms with Crippen LogP contribution in [0.4, 0.5) is 0 Å². The number of carbonyl (C=O) groups is 1. The molecule has 2 rings (SSSR count). The van der Waals surface area contributed by atoms with Crippen molar-refractivity contribution >= 4 is 34.8 Å². The van der Waals surface area contributed by atoms with E-state index in [1.807, 2.05) is 0 Å². The van der Waals surface area contributed by atoms with Crippen molar-refractivity contribution in [3.63, 3.8) is 0 Å². The minimum atomic E-state index is -0.283. The maximum absolute atomic E-state index is 11.9. The molecule has 1 heterocycles. The summed E-state index contributed by atoms with van der Waals surface area (Å²) in [5.74, 6) is -0.283. The number of ether oxygens (including phenoxy) is 1. The molecule has 1 aromatic rings. The van der Waals surface area contributed by atoms with Crippen molar-refractivity contribution in [1.29, 1.82) is 0 Å². The highest BCUT2D eigenvalue weighted by molar-refractivity contribution is 7.80. The molecule has 23 heavy (non-hydrogen) atoms. The van der Waals surface area contributed by atoms with Crippen LogP contribution in [0.25, 0.3) is 0 Å². The average Bonchev–Trinajstić information content (AvgIpc) is 2.57. The van der Waals surface area contributed by atoms with E-state index in [0.717, 1.165) is 45.8 Å². The molecule has 0 radical (unpaired) electrons. The SMILES string of the molecule is O=C(NNC(=S)NCCC[NH+]1CCOCC1)c1cccc(Cl)c1. The molecular weight excluding hydrogens is 336 g/mol. The van der Waals surface area contributed by atoms with Crippen LogP contribution < -0.4 is 21.1 Å². The Hall–Kier alpha value is -1.41. The van der Waals surface area contributed by atoms with Crippen molar-refractivity contribution < 1.29 is 14.4 Å². The van der Waals surface area contributed by atoms with Gasteiger partial charge in [0.05, 0.1) is 19.8 Å². The lowest BCUT2D eigenvalue weighted by molar-refractivity contribution is -0.908. The fraction of sp³-hybridized carbons (Fsp3) is 0.467. The van der Waals surface area contributed by atoms with Crippen molar-refractivity contribution in [1.82, 2.24) is 16.2 Å². The van der Waals surface area contributed by atoms with Crippen molar-refractivity contribution in [2.45, 2.75) is 6.42 Å². The molecule has 0 atom stereocenters. The first-order valence-corrected chi connectivity index (χ1v) is 8.45. The molecule has 0 aliphatic carbocycles. The van der Waals surface area contributed by atoms with Crippen LogP contribution in [-0.2, 0) is 4.74 Å². The molecule has 126 valence electrons. The molecule has 8 heteroatoms. The molecule has 1 aliphatic rings. The van der Waals surface area contributed by atoms with Gasteiger partial charge in [0, 0.05) is 23.6 Å². The van der Waals surface area contributed by atoms with E-state index in [-0.39, 0.29) is 5.91 Å². The zero-order valence-corrected chi connectivity index (χ0v) is 14.4. The van der Waals surface area contributed by atoms with Gasteiger partial charge in [-0.3, -0.25) is 15.6 Å². The van der Waals surface area contributed by atoms with E-state index in [1.165, 1.54) is 0 Å². The van der Waals surface area contributed by atoms with E-state index < -0.39 is 0 Å². The number of nitrogens with one attached hydrogen (secondary N) is 4. The minimum absolute atomic E-state index is 0.283. The largest absolute Gasteiger partial charge is 0.370 e. The Bertz CT molecular complexity index is 538. The van der Waals surface area contributed by atoms with Crippen LogP contribution in [0.5, 0.6) is 0 Å². The molecule has 0 aromatic heterocycles. The number of carbonyl (C=O) groups excluding carboxylic acids is 1. The van der Waals surface area contributed by atoms with Crippen LogP contribution in [0.1, 0.15) is 16.8 Å². The van der Waals surface area contributed by atoms with Crippen molar-refractivity contribution in [3.05, 3.63) is 34.9 Å². The van der Waals surface area contributed by atoms with Crippen LogP contribution in [0.3, 0.4) is 0 Å². The van der Waals surface area contributed by atoms with E-state index in [1.54, 1.807) is 29.2 Å². The summed E-state index contributed by atoms with van der Waals surface area (Å²) in [7, 11) is 0. The highest BCUT2D eigenvalue weighted by Gasteiger charge is 2.12. The van der Waals surface area contributed by atoms with Gasteiger partial charge in [-0.25, -0.2) is 0 Å². The van der Waals surface area contributed by atoms with E-state index in [9.17, 15) is 4.79 Å². The van der Waals surface area contributed by atoms with E-state index >= 15 is 0 Å². The molecule has 0 saturated carbocycles. The predicted octanol–water partition coefficient (Wildman–Crippen LogP) is -0.246.